The number of benzene rings is 1. The van der Waals surface area contributed by atoms with Crippen molar-refractivity contribution >= 4 is 5.97 Å². The van der Waals surface area contributed by atoms with Gasteiger partial charge in [-0.05, 0) is 26.0 Å². The quantitative estimate of drug-likeness (QED) is 0.776. The molecule has 0 heterocycles. The fraction of sp³-hybridized carbons (Fsp3) is 0.562. The monoisotopic (exact) mass is 278 g/mol. The molecule has 2 atom stereocenters. The van der Waals surface area contributed by atoms with Crippen molar-refractivity contribution in [2.75, 3.05) is 20.7 Å². The fourth-order valence-electron chi connectivity index (χ4n) is 2.38. The summed E-state index contributed by atoms with van der Waals surface area (Å²) < 4.78 is 4.92. The molecule has 0 aliphatic heterocycles. The Labute approximate surface area is 121 Å². The number of ether oxygens (including phenoxy) is 1. The zero-order chi connectivity index (χ0) is 15.2. The zero-order valence-corrected chi connectivity index (χ0v) is 12.9. The van der Waals surface area contributed by atoms with Crippen molar-refractivity contribution < 1.29 is 9.53 Å². The van der Waals surface area contributed by atoms with Gasteiger partial charge in [0, 0.05) is 12.6 Å². The summed E-state index contributed by atoms with van der Waals surface area (Å²) >= 11 is 0. The van der Waals surface area contributed by atoms with Gasteiger partial charge in [-0.15, -0.1) is 0 Å². The first-order chi connectivity index (χ1) is 9.45. The van der Waals surface area contributed by atoms with Crippen molar-refractivity contribution in [2.45, 2.75) is 38.3 Å². The third kappa shape index (κ3) is 3.81. The largest absolute Gasteiger partial charge is 0.467 e. The summed E-state index contributed by atoms with van der Waals surface area (Å²) in [6, 6.07) is 9.79. The van der Waals surface area contributed by atoms with E-state index in [9.17, 15) is 4.79 Å². The molecular weight excluding hydrogens is 252 g/mol. The van der Waals surface area contributed by atoms with Gasteiger partial charge in [-0.2, -0.15) is 0 Å². The van der Waals surface area contributed by atoms with Crippen LogP contribution < -0.4 is 5.73 Å². The molecule has 1 aromatic rings. The number of methoxy groups -OCH3 is 1. The van der Waals surface area contributed by atoms with Crippen molar-refractivity contribution in [3.05, 3.63) is 35.9 Å². The summed E-state index contributed by atoms with van der Waals surface area (Å²) in [5.41, 5.74) is 6.04. The van der Waals surface area contributed by atoms with Gasteiger partial charge in [0.1, 0.15) is 0 Å². The average Bonchev–Trinajstić information content (AvgIpc) is 2.47. The number of rotatable bonds is 7. The summed E-state index contributed by atoms with van der Waals surface area (Å²) in [6.07, 6.45) is 2.18. The first-order valence-electron chi connectivity index (χ1n) is 7.08. The molecule has 4 heteroatoms. The Morgan fingerprint density at radius 1 is 1.40 bits per heavy atom. The van der Waals surface area contributed by atoms with Gasteiger partial charge in [0.2, 0.25) is 0 Å². The molecule has 1 rings (SSSR count). The molecule has 4 nitrogen and oxygen atoms in total. The van der Waals surface area contributed by atoms with Crippen LogP contribution in [-0.4, -0.2) is 37.6 Å². The first-order valence-corrected chi connectivity index (χ1v) is 7.08. The maximum Gasteiger partial charge on any atom is 0.331 e. The van der Waals surface area contributed by atoms with Crippen LogP contribution in [0.25, 0.3) is 0 Å². The molecule has 0 spiro atoms. The number of esters is 1. The van der Waals surface area contributed by atoms with Crippen LogP contribution in [0.2, 0.25) is 0 Å². The normalized spacial score (nSPS) is 15.7. The van der Waals surface area contributed by atoms with E-state index in [1.165, 1.54) is 7.11 Å². The molecular formula is C16H26N2O2. The van der Waals surface area contributed by atoms with Crippen molar-refractivity contribution in [2.24, 2.45) is 5.73 Å². The van der Waals surface area contributed by atoms with Gasteiger partial charge in [0.25, 0.3) is 0 Å². The predicted molar refractivity (Wildman–Crippen MR) is 81.3 cm³/mol. The van der Waals surface area contributed by atoms with E-state index in [1.807, 2.05) is 37.4 Å². The summed E-state index contributed by atoms with van der Waals surface area (Å²) in [5.74, 6) is -0.403. The molecule has 0 radical (unpaired) electrons. The lowest BCUT2D eigenvalue weighted by molar-refractivity contribution is -0.148. The molecule has 0 aromatic heterocycles. The van der Waals surface area contributed by atoms with Gasteiger partial charge in [0.15, 0.2) is 5.54 Å². The van der Waals surface area contributed by atoms with Crippen molar-refractivity contribution in [3.8, 4) is 0 Å². The zero-order valence-electron chi connectivity index (χ0n) is 12.9. The SMILES string of the molecule is CCCC(C)N(C)CC(N)(C(=O)OC)c1ccccc1. The van der Waals surface area contributed by atoms with Gasteiger partial charge in [-0.25, -0.2) is 4.79 Å². The highest BCUT2D eigenvalue weighted by Crippen LogP contribution is 2.22. The van der Waals surface area contributed by atoms with Crippen LogP contribution in [0, 0.1) is 0 Å². The van der Waals surface area contributed by atoms with E-state index in [2.05, 4.69) is 18.7 Å². The van der Waals surface area contributed by atoms with Crippen LogP contribution in [0.1, 0.15) is 32.3 Å². The standard InChI is InChI=1S/C16H26N2O2/c1-5-9-13(2)18(3)12-16(17,15(19)20-4)14-10-7-6-8-11-14/h6-8,10-11,13H,5,9,12,17H2,1-4H3. The van der Waals surface area contributed by atoms with Gasteiger partial charge in [-0.1, -0.05) is 43.7 Å². The fourth-order valence-corrected chi connectivity index (χ4v) is 2.38. The maximum atomic E-state index is 12.2. The minimum atomic E-state index is -1.13. The van der Waals surface area contributed by atoms with Crippen LogP contribution in [0.4, 0.5) is 0 Å². The Kier molecular flexibility index (Phi) is 6.17. The van der Waals surface area contributed by atoms with E-state index >= 15 is 0 Å². The highest BCUT2D eigenvalue weighted by molar-refractivity contribution is 5.82. The lowest BCUT2D eigenvalue weighted by atomic mass is 9.90. The lowest BCUT2D eigenvalue weighted by Crippen LogP contribution is -2.54. The van der Waals surface area contributed by atoms with E-state index in [4.69, 9.17) is 10.5 Å². The van der Waals surface area contributed by atoms with Crippen LogP contribution in [-0.2, 0) is 15.1 Å². The second kappa shape index (κ2) is 7.41. The number of hydrogen-bond acceptors (Lipinski definition) is 4. The molecule has 0 fully saturated rings. The van der Waals surface area contributed by atoms with E-state index in [-0.39, 0.29) is 0 Å². The topological polar surface area (TPSA) is 55.6 Å². The van der Waals surface area contributed by atoms with Crippen LogP contribution >= 0.6 is 0 Å². The van der Waals surface area contributed by atoms with E-state index < -0.39 is 11.5 Å². The second-order valence-corrected chi connectivity index (χ2v) is 5.38. The Hall–Kier alpha value is -1.39. The molecule has 20 heavy (non-hydrogen) atoms. The van der Waals surface area contributed by atoms with E-state index in [1.54, 1.807) is 0 Å². The van der Waals surface area contributed by atoms with Gasteiger partial charge in [-0.3, -0.25) is 0 Å². The Morgan fingerprint density at radius 3 is 2.50 bits per heavy atom. The molecule has 0 amide bonds. The number of nitrogens with zero attached hydrogens (tertiary/aromatic N) is 1. The molecule has 0 aliphatic rings. The average molecular weight is 278 g/mol. The van der Waals surface area contributed by atoms with E-state index in [0.29, 0.717) is 12.6 Å². The summed E-state index contributed by atoms with van der Waals surface area (Å²) in [7, 11) is 3.37. The molecule has 0 saturated heterocycles. The van der Waals surface area contributed by atoms with Crippen LogP contribution in [0.3, 0.4) is 0 Å². The lowest BCUT2D eigenvalue weighted by Gasteiger charge is -2.34. The highest BCUT2D eigenvalue weighted by Gasteiger charge is 2.38. The molecule has 112 valence electrons. The van der Waals surface area contributed by atoms with E-state index in [0.717, 1.165) is 18.4 Å². The molecule has 0 aliphatic carbocycles. The van der Waals surface area contributed by atoms with Crippen LogP contribution in [0.15, 0.2) is 30.3 Å². The highest BCUT2D eigenvalue weighted by atomic mass is 16.5. The van der Waals surface area contributed by atoms with Crippen molar-refractivity contribution in [1.82, 2.24) is 4.90 Å². The smallest absolute Gasteiger partial charge is 0.331 e. The predicted octanol–water partition coefficient (Wildman–Crippen LogP) is 2.13. The van der Waals surface area contributed by atoms with Crippen molar-refractivity contribution in [3.63, 3.8) is 0 Å². The number of nitrogens with two attached hydrogens (primary N) is 1. The molecule has 2 unspecified atom stereocenters. The number of hydrogen-bond donors (Lipinski definition) is 1. The van der Waals surface area contributed by atoms with Crippen LogP contribution in [0.5, 0.6) is 0 Å². The summed E-state index contributed by atoms with van der Waals surface area (Å²) in [4.78, 5) is 14.3. The molecule has 2 N–H and O–H groups in total. The minimum Gasteiger partial charge on any atom is -0.467 e. The Morgan fingerprint density at radius 2 is 2.00 bits per heavy atom. The number of carbonyl (C=O) groups excluding carboxylic acids is 1. The van der Waals surface area contributed by atoms with Crippen molar-refractivity contribution in [1.29, 1.82) is 0 Å². The first kappa shape index (κ1) is 16.7. The molecule has 1 aromatic carbocycles. The Bertz CT molecular complexity index is 422. The summed E-state index contributed by atoms with van der Waals surface area (Å²) in [5, 5.41) is 0. The third-order valence-corrected chi connectivity index (χ3v) is 3.80. The third-order valence-electron chi connectivity index (χ3n) is 3.80. The maximum absolute atomic E-state index is 12.2. The number of likely N-dealkylation sites (N-methyl/N-ethyl adjacent to an activating group) is 1. The molecule has 0 saturated carbocycles. The summed E-state index contributed by atoms with van der Waals surface area (Å²) in [6.45, 7) is 4.73. The minimum absolute atomic E-state index is 0.372. The Balaban J connectivity index is 2.99. The molecule has 0 bridgehead atoms. The second-order valence-electron chi connectivity index (χ2n) is 5.38. The van der Waals surface area contributed by atoms with Gasteiger partial charge < -0.3 is 15.4 Å². The van der Waals surface area contributed by atoms with Gasteiger partial charge in [0.05, 0.1) is 7.11 Å². The van der Waals surface area contributed by atoms with Gasteiger partial charge >= 0.3 is 5.97 Å². The number of carbonyl (C=O) groups is 1.